The fraction of sp³-hybridized carbons (Fsp3) is 0.278. The number of aryl methyl sites for hydroxylation is 1. The zero-order chi connectivity index (χ0) is 18.0. The summed E-state index contributed by atoms with van der Waals surface area (Å²) in [4.78, 5) is 4.07. The Morgan fingerprint density at radius 3 is 2.73 bits per heavy atom. The Bertz CT molecular complexity index is 987. The van der Waals surface area contributed by atoms with Crippen molar-refractivity contribution in [1.29, 1.82) is 0 Å². The summed E-state index contributed by atoms with van der Waals surface area (Å²) in [5, 5.41) is 8.58. The number of aromatic nitrogens is 4. The molecule has 0 unspecified atom stereocenters. The summed E-state index contributed by atoms with van der Waals surface area (Å²) in [6.07, 6.45) is 4.98. The molecule has 1 atom stereocenters. The van der Waals surface area contributed by atoms with Crippen LogP contribution in [0.3, 0.4) is 0 Å². The van der Waals surface area contributed by atoms with Crippen molar-refractivity contribution in [2.45, 2.75) is 36.7 Å². The van der Waals surface area contributed by atoms with Crippen LogP contribution in [0.25, 0.3) is 0 Å². The number of rotatable bonds is 5. The average Bonchev–Trinajstić information content (AvgIpc) is 3.05. The van der Waals surface area contributed by atoms with Crippen molar-refractivity contribution in [2.24, 2.45) is 0 Å². The number of sulfonamides is 1. The van der Waals surface area contributed by atoms with Crippen molar-refractivity contribution in [2.75, 3.05) is 0 Å². The van der Waals surface area contributed by atoms with Gasteiger partial charge < -0.3 is 4.57 Å². The second-order valence-corrected chi connectivity index (χ2v) is 8.07. The van der Waals surface area contributed by atoms with Gasteiger partial charge in [0.1, 0.15) is 16.5 Å². The van der Waals surface area contributed by atoms with E-state index in [1.807, 2.05) is 34.9 Å². The minimum atomic E-state index is -3.58. The number of hydrogen-bond donors (Lipinski definition) is 1. The van der Waals surface area contributed by atoms with E-state index in [4.69, 9.17) is 0 Å². The lowest BCUT2D eigenvalue weighted by molar-refractivity contribution is 0.414. The first-order chi connectivity index (χ1) is 12.6. The zero-order valence-corrected chi connectivity index (χ0v) is 14.9. The topological polar surface area (TPSA) is 89.8 Å². The van der Waals surface area contributed by atoms with Gasteiger partial charge in [-0.3, -0.25) is 4.98 Å². The van der Waals surface area contributed by atoms with Gasteiger partial charge >= 0.3 is 0 Å². The van der Waals surface area contributed by atoms with E-state index < -0.39 is 10.0 Å². The molecule has 1 aromatic carbocycles. The van der Waals surface area contributed by atoms with Crippen LogP contribution in [0.1, 0.15) is 23.6 Å². The van der Waals surface area contributed by atoms with Crippen molar-refractivity contribution in [3.8, 4) is 0 Å². The fourth-order valence-corrected chi connectivity index (χ4v) is 4.41. The number of pyridine rings is 1. The third kappa shape index (κ3) is 3.51. The minimum absolute atomic E-state index is 0.180. The molecule has 8 heteroatoms. The molecule has 1 aliphatic heterocycles. The van der Waals surface area contributed by atoms with Gasteiger partial charge in [0.25, 0.3) is 0 Å². The van der Waals surface area contributed by atoms with Gasteiger partial charge in [0.15, 0.2) is 0 Å². The van der Waals surface area contributed by atoms with Gasteiger partial charge in [0, 0.05) is 37.8 Å². The van der Waals surface area contributed by atoms with Gasteiger partial charge in [-0.2, -0.15) is 0 Å². The summed E-state index contributed by atoms with van der Waals surface area (Å²) in [5.41, 5.74) is 1.15. The molecular formula is C18H19N5O2S. The largest absolute Gasteiger partial charge is 0.313 e. The maximum absolute atomic E-state index is 12.5. The van der Waals surface area contributed by atoms with E-state index >= 15 is 0 Å². The normalized spacial score (nSPS) is 17.0. The Morgan fingerprint density at radius 2 is 1.96 bits per heavy atom. The third-order valence-corrected chi connectivity index (χ3v) is 6.00. The molecule has 26 heavy (non-hydrogen) atoms. The van der Waals surface area contributed by atoms with E-state index in [1.54, 1.807) is 18.3 Å². The van der Waals surface area contributed by atoms with Crippen LogP contribution in [0.4, 0.5) is 0 Å². The average molecular weight is 369 g/mol. The van der Waals surface area contributed by atoms with E-state index in [1.165, 1.54) is 6.20 Å². The Balaban J connectivity index is 1.52. The van der Waals surface area contributed by atoms with Crippen molar-refractivity contribution >= 4 is 10.0 Å². The molecule has 134 valence electrons. The fourth-order valence-electron chi connectivity index (χ4n) is 3.18. The number of nitrogens with one attached hydrogen (secondary N) is 1. The van der Waals surface area contributed by atoms with Gasteiger partial charge in [0.05, 0.1) is 0 Å². The predicted molar refractivity (Wildman–Crippen MR) is 95.9 cm³/mol. The van der Waals surface area contributed by atoms with Crippen LogP contribution in [-0.2, 0) is 29.4 Å². The summed E-state index contributed by atoms with van der Waals surface area (Å²) < 4.78 is 29.9. The molecular weight excluding hydrogens is 350 g/mol. The molecule has 2 aromatic heterocycles. The van der Waals surface area contributed by atoms with Crippen LogP contribution in [0.5, 0.6) is 0 Å². The van der Waals surface area contributed by atoms with E-state index in [0.29, 0.717) is 25.8 Å². The maximum atomic E-state index is 12.5. The highest BCUT2D eigenvalue weighted by Crippen LogP contribution is 2.19. The molecule has 7 nitrogen and oxygen atoms in total. The molecule has 0 spiro atoms. The van der Waals surface area contributed by atoms with Gasteiger partial charge in [-0.1, -0.05) is 30.3 Å². The summed E-state index contributed by atoms with van der Waals surface area (Å²) in [7, 11) is -3.58. The lowest BCUT2D eigenvalue weighted by atomic mass is 10.1. The van der Waals surface area contributed by atoms with Crippen molar-refractivity contribution in [3.05, 3.63) is 72.1 Å². The molecule has 0 aliphatic carbocycles. The Kier molecular flexibility index (Phi) is 4.52. The minimum Gasteiger partial charge on any atom is -0.313 e. The second kappa shape index (κ2) is 6.97. The molecule has 3 aromatic rings. The molecule has 1 aliphatic rings. The molecule has 1 N–H and O–H groups in total. The van der Waals surface area contributed by atoms with Crippen LogP contribution in [0.15, 0.2) is 59.8 Å². The maximum Gasteiger partial charge on any atom is 0.242 e. The smallest absolute Gasteiger partial charge is 0.242 e. The van der Waals surface area contributed by atoms with Crippen LogP contribution < -0.4 is 4.72 Å². The molecule has 0 radical (unpaired) electrons. The Morgan fingerprint density at radius 1 is 1.12 bits per heavy atom. The monoisotopic (exact) mass is 369 g/mol. The quantitative estimate of drug-likeness (QED) is 0.737. The van der Waals surface area contributed by atoms with Crippen LogP contribution >= 0.6 is 0 Å². The predicted octanol–water partition coefficient (Wildman–Crippen LogP) is 1.56. The third-order valence-electron chi connectivity index (χ3n) is 4.49. The van der Waals surface area contributed by atoms with E-state index in [9.17, 15) is 8.42 Å². The SMILES string of the molecule is O=S(=O)(N[C@H]1CCc2nnc(Cc3ccccc3)n2C1)c1cccnc1. The van der Waals surface area contributed by atoms with Crippen LogP contribution in [0, 0.1) is 0 Å². The number of fused-ring (bicyclic) bond motifs is 1. The van der Waals surface area contributed by atoms with Gasteiger partial charge in [-0.15, -0.1) is 10.2 Å². The molecule has 0 saturated carbocycles. The summed E-state index contributed by atoms with van der Waals surface area (Å²) in [6, 6.07) is 13.0. The highest BCUT2D eigenvalue weighted by Gasteiger charge is 2.27. The van der Waals surface area contributed by atoms with Gasteiger partial charge in [-0.05, 0) is 24.1 Å². The van der Waals surface area contributed by atoms with E-state index in [2.05, 4.69) is 19.9 Å². The molecule has 0 saturated heterocycles. The second-order valence-electron chi connectivity index (χ2n) is 6.35. The Hall–Kier alpha value is -2.58. The summed E-state index contributed by atoms with van der Waals surface area (Å²) >= 11 is 0. The number of nitrogens with zero attached hydrogens (tertiary/aromatic N) is 4. The van der Waals surface area contributed by atoms with Gasteiger partial charge in [-0.25, -0.2) is 13.1 Å². The summed E-state index contributed by atoms with van der Waals surface area (Å²) in [6.45, 7) is 0.532. The molecule has 0 amide bonds. The van der Waals surface area contributed by atoms with Gasteiger partial charge in [0.2, 0.25) is 10.0 Å². The molecule has 4 rings (SSSR count). The summed E-state index contributed by atoms with van der Waals surface area (Å²) in [5.74, 6) is 1.77. The molecule has 3 heterocycles. The van der Waals surface area contributed by atoms with Crippen LogP contribution in [-0.4, -0.2) is 34.2 Å². The standard InChI is InChI=1S/C18H19N5O2S/c24-26(25,16-7-4-10-19-12-16)22-15-8-9-17-20-21-18(23(17)13-15)11-14-5-2-1-3-6-14/h1-7,10,12,15,22H,8-9,11,13H2/t15-/m0/s1. The lowest BCUT2D eigenvalue weighted by Crippen LogP contribution is -2.41. The highest BCUT2D eigenvalue weighted by molar-refractivity contribution is 7.89. The van der Waals surface area contributed by atoms with Crippen molar-refractivity contribution in [3.63, 3.8) is 0 Å². The van der Waals surface area contributed by atoms with Crippen molar-refractivity contribution in [1.82, 2.24) is 24.5 Å². The molecule has 0 fully saturated rings. The first kappa shape index (κ1) is 16.9. The molecule has 0 bridgehead atoms. The first-order valence-electron chi connectivity index (χ1n) is 8.49. The van der Waals surface area contributed by atoms with E-state index in [-0.39, 0.29) is 10.9 Å². The van der Waals surface area contributed by atoms with Crippen LogP contribution in [0.2, 0.25) is 0 Å². The number of hydrogen-bond acceptors (Lipinski definition) is 5. The number of benzene rings is 1. The highest BCUT2D eigenvalue weighted by atomic mass is 32.2. The zero-order valence-electron chi connectivity index (χ0n) is 14.1. The lowest BCUT2D eigenvalue weighted by Gasteiger charge is -2.25. The Labute approximate surface area is 152 Å². The van der Waals surface area contributed by atoms with E-state index in [0.717, 1.165) is 17.2 Å². The van der Waals surface area contributed by atoms with Crippen molar-refractivity contribution < 1.29 is 8.42 Å². The first-order valence-corrected chi connectivity index (χ1v) is 9.97.